The first-order valence-electron chi connectivity index (χ1n) is 5.20. The average molecular weight is 251 g/mol. The van der Waals surface area contributed by atoms with Crippen molar-refractivity contribution in [2.24, 2.45) is 0 Å². The number of rotatable bonds is 3. The van der Waals surface area contributed by atoms with Crippen molar-refractivity contribution in [2.75, 3.05) is 6.54 Å². The molecule has 98 valence electrons. The van der Waals surface area contributed by atoms with Crippen LogP contribution in [-0.2, 0) is 9.53 Å². The number of hydrogen-bond donors (Lipinski definition) is 2. The molecule has 0 bridgehead atoms. The Bertz CT molecular complexity index is 432. The summed E-state index contributed by atoms with van der Waals surface area (Å²) in [5.41, 5.74) is -0.633. The van der Waals surface area contributed by atoms with Gasteiger partial charge in [-0.2, -0.15) is 0 Å². The SMILES string of the molecule is C=C(C#CCNC(=O)OC(C)(C)C)C(=C)C(=O)O. The van der Waals surface area contributed by atoms with Gasteiger partial charge in [0.25, 0.3) is 0 Å². The van der Waals surface area contributed by atoms with E-state index in [2.05, 4.69) is 30.3 Å². The van der Waals surface area contributed by atoms with Crippen LogP contribution in [0.4, 0.5) is 4.79 Å². The van der Waals surface area contributed by atoms with Crippen molar-refractivity contribution in [1.29, 1.82) is 0 Å². The van der Waals surface area contributed by atoms with Gasteiger partial charge in [-0.15, -0.1) is 0 Å². The lowest BCUT2D eigenvalue weighted by atomic mass is 10.1. The zero-order valence-electron chi connectivity index (χ0n) is 10.8. The third kappa shape index (κ3) is 7.12. The Labute approximate surface area is 107 Å². The highest BCUT2D eigenvalue weighted by molar-refractivity contribution is 5.92. The normalized spacial score (nSPS) is 9.72. The molecule has 0 atom stereocenters. The maximum Gasteiger partial charge on any atom is 0.408 e. The molecule has 0 aliphatic rings. The topological polar surface area (TPSA) is 75.6 Å². The van der Waals surface area contributed by atoms with E-state index in [1.807, 2.05) is 0 Å². The fraction of sp³-hybridized carbons (Fsp3) is 0.385. The highest BCUT2D eigenvalue weighted by atomic mass is 16.6. The summed E-state index contributed by atoms with van der Waals surface area (Å²) in [5, 5.41) is 11.0. The second kappa shape index (κ2) is 6.50. The number of carbonyl (C=O) groups excluding carboxylic acids is 1. The highest BCUT2D eigenvalue weighted by Crippen LogP contribution is 2.06. The molecular weight excluding hydrogens is 234 g/mol. The summed E-state index contributed by atoms with van der Waals surface area (Å²) in [7, 11) is 0. The van der Waals surface area contributed by atoms with Crippen molar-refractivity contribution in [3.63, 3.8) is 0 Å². The highest BCUT2D eigenvalue weighted by Gasteiger charge is 2.15. The van der Waals surface area contributed by atoms with E-state index in [1.54, 1.807) is 20.8 Å². The molecule has 5 nitrogen and oxygen atoms in total. The molecule has 0 saturated carbocycles. The van der Waals surface area contributed by atoms with Gasteiger partial charge in [0.15, 0.2) is 0 Å². The van der Waals surface area contributed by atoms with Crippen LogP contribution in [0.5, 0.6) is 0 Å². The van der Waals surface area contributed by atoms with Gasteiger partial charge in [0, 0.05) is 5.57 Å². The van der Waals surface area contributed by atoms with E-state index in [9.17, 15) is 9.59 Å². The van der Waals surface area contributed by atoms with Gasteiger partial charge >= 0.3 is 12.1 Å². The zero-order chi connectivity index (χ0) is 14.3. The lowest BCUT2D eigenvalue weighted by Gasteiger charge is -2.19. The van der Waals surface area contributed by atoms with E-state index in [4.69, 9.17) is 9.84 Å². The summed E-state index contributed by atoms with van der Waals surface area (Å²) < 4.78 is 4.98. The second-order valence-corrected chi connectivity index (χ2v) is 4.42. The Morgan fingerprint density at radius 2 is 1.89 bits per heavy atom. The monoisotopic (exact) mass is 251 g/mol. The molecule has 0 fully saturated rings. The quantitative estimate of drug-likeness (QED) is 0.455. The molecular formula is C13H17NO4. The predicted octanol–water partition coefficient (Wildman–Crippen LogP) is 1.71. The van der Waals surface area contributed by atoms with Crippen LogP contribution >= 0.6 is 0 Å². The van der Waals surface area contributed by atoms with Gasteiger partial charge in [0.2, 0.25) is 0 Å². The van der Waals surface area contributed by atoms with Crippen LogP contribution in [0.25, 0.3) is 0 Å². The Morgan fingerprint density at radius 3 is 2.33 bits per heavy atom. The van der Waals surface area contributed by atoms with Gasteiger partial charge in [-0.25, -0.2) is 9.59 Å². The summed E-state index contributed by atoms with van der Waals surface area (Å²) in [6.45, 7) is 12.0. The van der Waals surface area contributed by atoms with E-state index in [0.717, 1.165) is 0 Å². The fourth-order valence-electron chi connectivity index (χ4n) is 0.786. The number of nitrogens with one attached hydrogen (secondary N) is 1. The largest absolute Gasteiger partial charge is 0.478 e. The molecule has 18 heavy (non-hydrogen) atoms. The van der Waals surface area contributed by atoms with Crippen LogP contribution in [-0.4, -0.2) is 29.3 Å². The smallest absolute Gasteiger partial charge is 0.408 e. The molecule has 0 saturated heterocycles. The van der Waals surface area contributed by atoms with Gasteiger partial charge in [-0.1, -0.05) is 25.0 Å². The van der Waals surface area contributed by atoms with Crippen LogP contribution in [0.15, 0.2) is 24.3 Å². The molecule has 2 N–H and O–H groups in total. The Kier molecular flexibility index (Phi) is 5.70. The van der Waals surface area contributed by atoms with Gasteiger partial charge in [0.05, 0.1) is 12.1 Å². The number of carbonyl (C=O) groups is 2. The summed E-state index contributed by atoms with van der Waals surface area (Å²) in [4.78, 5) is 21.7. The first-order valence-corrected chi connectivity index (χ1v) is 5.20. The fourth-order valence-corrected chi connectivity index (χ4v) is 0.786. The Morgan fingerprint density at radius 1 is 1.33 bits per heavy atom. The molecule has 1 amide bonds. The minimum absolute atomic E-state index is 0.0425. The van der Waals surface area contributed by atoms with Crippen molar-refractivity contribution in [1.82, 2.24) is 5.32 Å². The molecule has 5 heteroatoms. The first kappa shape index (κ1) is 15.8. The number of aliphatic carboxylic acids is 1. The summed E-state index contributed by atoms with van der Waals surface area (Å²) in [6.07, 6.45) is -0.584. The summed E-state index contributed by atoms with van der Waals surface area (Å²) in [5.74, 6) is 3.87. The minimum Gasteiger partial charge on any atom is -0.478 e. The van der Waals surface area contributed by atoms with Crippen molar-refractivity contribution >= 4 is 12.1 Å². The maximum absolute atomic E-state index is 11.2. The van der Waals surface area contributed by atoms with Crippen LogP contribution < -0.4 is 5.32 Å². The van der Waals surface area contributed by atoms with E-state index in [0.29, 0.717) is 0 Å². The van der Waals surface area contributed by atoms with E-state index < -0.39 is 17.7 Å². The summed E-state index contributed by atoms with van der Waals surface area (Å²) >= 11 is 0. The molecule has 0 radical (unpaired) electrons. The number of carboxylic acids is 1. The van der Waals surface area contributed by atoms with Crippen molar-refractivity contribution in [3.8, 4) is 11.8 Å². The lowest BCUT2D eigenvalue weighted by Crippen LogP contribution is -2.32. The maximum atomic E-state index is 11.2. The van der Waals surface area contributed by atoms with Crippen molar-refractivity contribution in [3.05, 3.63) is 24.3 Å². The van der Waals surface area contributed by atoms with E-state index in [-0.39, 0.29) is 17.7 Å². The second-order valence-electron chi connectivity index (χ2n) is 4.42. The minimum atomic E-state index is -1.17. The average Bonchev–Trinajstić information content (AvgIpc) is 2.20. The third-order valence-electron chi connectivity index (χ3n) is 1.58. The summed E-state index contributed by atoms with van der Waals surface area (Å²) in [6, 6.07) is 0. The van der Waals surface area contributed by atoms with Crippen molar-refractivity contribution in [2.45, 2.75) is 26.4 Å². The zero-order valence-corrected chi connectivity index (χ0v) is 10.8. The number of alkyl carbamates (subject to hydrolysis) is 1. The van der Waals surface area contributed by atoms with Crippen LogP contribution in [0, 0.1) is 11.8 Å². The Balaban J connectivity index is 4.14. The Hall–Kier alpha value is -2.22. The molecule has 0 aliphatic heterocycles. The predicted molar refractivity (Wildman–Crippen MR) is 67.9 cm³/mol. The lowest BCUT2D eigenvalue weighted by molar-refractivity contribution is -0.132. The van der Waals surface area contributed by atoms with Gasteiger partial charge in [0.1, 0.15) is 5.60 Å². The number of hydrogen-bond acceptors (Lipinski definition) is 3. The van der Waals surface area contributed by atoms with Gasteiger partial charge < -0.3 is 15.2 Å². The standard InChI is InChI=1S/C13H17NO4/c1-9(10(2)11(15)16)7-6-8-14-12(17)18-13(3,4)5/h1-2,8H2,3-5H3,(H,14,17)(H,15,16). The number of carboxylic acid groups (broad SMARTS) is 1. The third-order valence-corrected chi connectivity index (χ3v) is 1.58. The molecule has 0 aromatic carbocycles. The van der Waals surface area contributed by atoms with Crippen molar-refractivity contribution < 1.29 is 19.4 Å². The molecule has 0 aromatic heterocycles. The van der Waals surface area contributed by atoms with Crippen LogP contribution in [0.2, 0.25) is 0 Å². The number of ether oxygens (including phenoxy) is 1. The van der Waals surface area contributed by atoms with Crippen LogP contribution in [0.3, 0.4) is 0 Å². The first-order chi connectivity index (χ1) is 8.13. The molecule has 0 unspecified atom stereocenters. The van der Waals surface area contributed by atoms with Crippen LogP contribution in [0.1, 0.15) is 20.8 Å². The molecule has 0 rings (SSSR count). The molecule has 0 aliphatic carbocycles. The number of amides is 1. The molecule has 0 aromatic rings. The molecule has 0 spiro atoms. The van der Waals surface area contributed by atoms with Gasteiger partial charge in [-0.3, -0.25) is 0 Å². The molecule has 0 heterocycles. The van der Waals surface area contributed by atoms with Gasteiger partial charge in [-0.05, 0) is 20.8 Å². The van der Waals surface area contributed by atoms with E-state index in [1.165, 1.54) is 0 Å². The van der Waals surface area contributed by atoms with E-state index >= 15 is 0 Å².